The highest BCUT2D eigenvalue weighted by molar-refractivity contribution is 6.31. The van der Waals surface area contributed by atoms with Gasteiger partial charge < -0.3 is 0 Å². The van der Waals surface area contributed by atoms with Crippen LogP contribution in [0.25, 0.3) is 0 Å². The van der Waals surface area contributed by atoms with Gasteiger partial charge in [-0.2, -0.15) is 0 Å². The van der Waals surface area contributed by atoms with Crippen molar-refractivity contribution in [3.8, 4) is 0 Å². The van der Waals surface area contributed by atoms with Crippen LogP contribution in [0.3, 0.4) is 0 Å². The van der Waals surface area contributed by atoms with Gasteiger partial charge >= 0.3 is 0 Å². The van der Waals surface area contributed by atoms with Gasteiger partial charge in [0.15, 0.2) is 0 Å². The number of hydrogen-bond acceptors (Lipinski definition) is 0. The van der Waals surface area contributed by atoms with Crippen molar-refractivity contribution in [1.82, 2.24) is 0 Å². The van der Waals surface area contributed by atoms with Gasteiger partial charge in [0.25, 0.3) is 0 Å². The Morgan fingerprint density at radius 1 is 1.31 bits per heavy atom. The highest BCUT2D eigenvalue weighted by atomic mass is 35.5. The number of halogens is 3. The van der Waals surface area contributed by atoms with Crippen LogP contribution >= 0.6 is 23.2 Å². The third-order valence-corrected chi connectivity index (χ3v) is 3.38. The SMILES string of the molecule is CCCC(Cl)CCCc1cc(F)ccc1Cl. The van der Waals surface area contributed by atoms with E-state index >= 15 is 0 Å². The van der Waals surface area contributed by atoms with E-state index in [1.54, 1.807) is 6.07 Å². The van der Waals surface area contributed by atoms with Crippen LogP contribution in [0.5, 0.6) is 0 Å². The lowest BCUT2D eigenvalue weighted by Crippen LogP contribution is -1.99. The second-order valence-electron chi connectivity index (χ2n) is 4.01. The van der Waals surface area contributed by atoms with E-state index in [4.69, 9.17) is 23.2 Å². The standard InChI is InChI=1S/C13H17Cl2F/c1-2-4-11(14)6-3-5-10-9-12(16)7-8-13(10)15/h7-9,11H,2-6H2,1H3. The summed E-state index contributed by atoms with van der Waals surface area (Å²) < 4.78 is 13.0. The molecule has 0 amide bonds. The van der Waals surface area contributed by atoms with Crippen LogP contribution in [0.15, 0.2) is 18.2 Å². The molecule has 0 nitrogen and oxygen atoms in total. The molecule has 0 aromatic heterocycles. The maximum Gasteiger partial charge on any atom is 0.123 e. The maximum atomic E-state index is 13.0. The molecule has 0 aliphatic heterocycles. The van der Waals surface area contributed by atoms with Gasteiger partial charge in [-0.25, -0.2) is 4.39 Å². The third kappa shape index (κ3) is 4.71. The predicted molar refractivity (Wildman–Crippen MR) is 68.9 cm³/mol. The van der Waals surface area contributed by atoms with E-state index in [1.807, 2.05) is 0 Å². The highest BCUT2D eigenvalue weighted by Gasteiger charge is 2.05. The lowest BCUT2D eigenvalue weighted by atomic mass is 10.1. The molecular weight excluding hydrogens is 246 g/mol. The number of rotatable bonds is 6. The first kappa shape index (κ1) is 13.8. The molecule has 0 heterocycles. The maximum absolute atomic E-state index is 13.0. The van der Waals surface area contributed by atoms with Gasteiger partial charge in [0.05, 0.1) is 0 Å². The molecule has 0 spiro atoms. The largest absolute Gasteiger partial charge is 0.207 e. The Morgan fingerprint density at radius 3 is 2.75 bits per heavy atom. The second-order valence-corrected chi connectivity index (χ2v) is 5.04. The van der Waals surface area contributed by atoms with Crippen LogP contribution in [-0.2, 0) is 6.42 Å². The van der Waals surface area contributed by atoms with Gasteiger partial charge in [-0.15, -0.1) is 11.6 Å². The van der Waals surface area contributed by atoms with Crippen LogP contribution in [0.4, 0.5) is 4.39 Å². The molecule has 3 heteroatoms. The summed E-state index contributed by atoms with van der Waals surface area (Å²) in [6, 6.07) is 4.50. The molecule has 0 N–H and O–H groups in total. The molecule has 0 bridgehead atoms. The predicted octanol–water partition coefficient (Wildman–Crippen LogP) is 5.21. The quantitative estimate of drug-likeness (QED) is 0.618. The molecule has 0 radical (unpaired) electrons. The normalized spacial score (nSPS) is 12.8. The van der Waals surface area contributed by atoms with E-state index in [2.05, 4.69) is 6.92 Å². The number of alkyl halides is 1. The lowest BCUT2D eigenvalue weighted by Gasteiger charge is -2.08. The average molecular weight is 263 g/mol. The van der Waals surface area contributed by atoms with Crippen molar-refractivity contribution in [2.75, 3.05) is 0 Å². The van der Waals surface area contributed by atoms with E-state index in [0.717, 1.165) is 37.7 Å². The summed E-state index contributed by atoms with van der Waals surface area (Å²) in [5.74, 6) is -0.226. The molecule has 0 aliphatic rings. The number of benzene rings is 1. The van der Waals surface area contributed by atoms with Crippen LogP contribution in [-0.4, -0.2) is 5.38 Å². The first-order chi connectivity index (χ1) is 7.63. The van der Waals surface area contributed by atoms with Crippen LogP contribution < -0.4 is 0 Å². The summed E-state index contributed by atoms with van der Waals surface area (Å²) >= 11 is 12.1. The van der Waals surface area contributed by atoms with Gasteiger partial charge in [-0.05, 0) is 49.4 Å². The summed E-state index contributed by atoms with van der Waals surface area (Å²) in [4.78, 5) is 0. The zero-order valence-corrected chi connectivity index (χ0v) is 11.0. The summed E-state index contributed by atoms with van der Waals surface area (Å²) in [7, 11) is 0. The van der Waals surface area contributed by atoms with Crippen molar-refractivity contribution in [2.45, 2.75) is 44.4 Å². The second kappa shape index (κ2) is 7.13. The van der Waals surface area contributed by atoms with Gasteiger partial charge in [-0.1, -0.05) is 24.9 Å². The Morgan fingerprint density at radius 2 is 2.06 bits per heavy atom. The molecule has 16 heavy (non-hydrogen) atoms. The number of aryl methyl sites for hydroxylation is 1. The van der Waals surface area contributed by atoms with E-state index in [1.165, 1.54) is 12.1 Å². The third-order valence-electron chi connectivity index (χ3n) is 2.57. The molecule has 1 aromatic rings. The summed E-state index contributed by atoms with van der Waals surface area (Å²) in [5, 5.41) is 0.875. The number of hydrogen-bond donors (Lipinski definition) is 0. The zero-order chi connectivity index (χ0) is 12.0. The minimum absolute atomic E-state index is 0.226. The van der Waals surface area contributed by atoms with E-state index < -0.39 is 0 Å². The molecule has 0 aliphatic carbocycles. The fourth-order valence-electron chi connectivity index (χ4n) is 1.71. The first-order valence-electron chi connectivity index (χ1n) is 5.71. The fourth-order valence-corrected chi connectivity index (χ4v) is 2.29. The van der Waals surface area contributed by atoms with Crippen LogP contribution in [0.1, 0.15) is 38.2 Å². The Labute approximate surface area is 107 Å². The summed E-state index contributed by atoms with van der Waals surface area (Å²) in [5.41, 5.74) is 0.877. The molecule has 1 rings (SSSR count). The molecule has 0 saturated carbocycles. The molecule has 0 fully saturated rings. The molecule has 1 atom stereocenters. The van der Waals surface area contributed by atoms with Gasteiger partial charge in [0.1, 0.15) is 5.82 Å². The van der Waals surface area contributed by atoms with Crippen molar-refractivity contribution in [3.63, 3.8) is 0 Å². The van der Waals surface area contributed by atoms with E-state index in [-0.39, 0.29) is 11.2 Å². The fraction of sp³-hybridized carbons (Fsp3) is 0.538. The van der Waals surface area contributed by atoms with Gasteiger partial charge in [0.2, 0.25) is 0 Å². The average Bonchev–Trinajstić information content (AvgIpc) is 2.23. The van der Waals surface area contributed by atoms with E-state index in [0.29, 0.717) is 5.02 Å². The lowest BCUT2D eigenvalue weighted by molar-refractivity contribution is 0.618. The van der Waals surface area contributed by atoms with Crippen molar-refractivity contribution >= 4 is 23.2 Å². The van der Waals surface area contributed by atoms with Crippen molar-refractivity contribution in [1.29, 1.82) is 0 Å². The minimum atomic E-state index is -0.226. The summed E-state index contributed by atoms with van der Waals surface area (Å²) in [6.07, 6.45) is 4.86. The zero-order valence-electron chi connectivity index (χ0n) is 9.48. The topological polar surface area (TPSA) is 0 Å². The molecule has 1 unspecified atom stereocenters. The van der Waals surface area contributed by atoms with Crippen molar-refractivity contribution in [2.24, 2.45) is 0 Å². The van der Waals surface area contributed by atoms with Gasteiger partial charge in [-0.3, -0.25) is 0 Å². The van der Waals surface area contributed by atoms with Crippen molar-refractivity contribution in [3.05, 3.63) is 34.6 Å². The van der Waals surface area contributed by atoms with E-state index in [9.17, 15) is 4.39 Å². The first-order valence-corrected chi connectivity index (χ1v) is 6.53. The molecule has 90 valence electrons. The van der Waals surface area contributed by atoms with Gasteiger partial charge in [0, 0.05) is 10.4 Å². The Bertz CT molecular complexity index is 326. The van der Waals surface area contributed by atoms with Crippen LogP contribution in [0.2, 0.25) is 5.02 Å². The monoisotopic (exact) mass is 262 g/mol. The minimum Gasteiger partial charge on any atom is -0.207 e. The van der Waals surface area contributed by atoms with Crippen LogP contribution in [0, 0.1) is 5.82 Å². The molecular formula is C13H17Cl2F. The molecule has 1 aromatic carbocycles. The summed E-state index contributed by atoms with van der Waals surface area (Å²) in [6.45, 7) is 2.12. The Hall–Kier alpha value is -0.270. The molecule has 0 saturated heterocycles. The Balaban J connectivity index is 2.39. The van der Waals surface area contributed by atoms with Crippen molar-refractivity contribution < 1.29 is 4.39 Å². The smallest absolute Gasteiger partial charge is 0.123 e. The Kier molecular flexibility index (Phi) is 6.15. The highest BCUT2D eigenvalue weighted by Crippen LogP contribution is 2.21.